The van der Waals surface area contributed by atoms with Crippen molar-refractivity contribution < 1.29 is 14.3 Å². The van der Waals surface area contributed by atoms with Crippen LogP contribution in [-0.4, -0.2) is 24.2 Å². The van der Waals surface area contributed by atoms with Crippen LogP contribution in [0.5, 0.6) is 0 Å². The second-order valence-corrected chi connectivity index (χ2v) is 11.1. The molecule has 1 aliphatic heterocycles. The Kier molecular flexibility index (Phi) is 10.6. The van der Waals surface area contributed by atoms with E-state index in [1.54, 1.807) is 6.07 Å². The van der Waals surface area contributed by atoms with Gasteiger partial charge in [0.2, 0.25) is 0 Å². The van der Waals surface area contributed by atoms with Crippen molar-refractivity contribution in [1.29, 1.82) is 0 Å². The normalized spacial score (nSPS) is 12.0. The SMILES string of the molecule is CCCCCCCCCCc1cccc(C(=O)O)c1-c1c2cc(C)c(=NCC)cc-2oc2cc(NCC)c(C)cc12. The first-order valence-corrected chi connectivity index (χ1v) is 15.5. The molecule has 0 bridgehead atoms. The second-order valence-electron chi connectivity index (χ2n) is 11.1. The summed E-state index contributed by atoms with van der Waals surface area (Å²) in [6, 6.07) is 14.1. The van der Waals surface area contributed by atoms with E-state index in [1.165, 1.54) is 38.5 Å². The Balaban J connectivity index is 1.89. The van der Waals surface area contributed by atoms with Gasteiger partial charge < -0.3 is 14.8 Å². The minimum Gasteiger partial charge on any atom is -0.478 e. The van der Waals surface area contributed by atoms with E-state index in [-0.39, 0.29) is 0 Å². The molecule has 1 heterocycles. The molecular weight excluding hydrogens is 508 g/mol. The van der Waals surface area contributed by atoms with Gasteiger partial charge in [0.25, 0.3) is 0 Å². The van der Waals surface area contributed by atoms with Gasteiger partial charge in [-0.3, -0.25) is 4.99 Å². The number of fused-ring (bicyclic) bond motifs is 2. The Morgan fingerprint density at radius 1 is 0.878 bits per heavy atom. The molecule has 0 unspecified atom stereocenters. The molecule has 2 N–H and O–H groups in total. The number of rotatable bonds is 14. The molecule has 0 atom stereocenters. The highest BCUT2D eigenvalue weighted by Gasteiger charge is 2.25. The Hall–Kier alpha value is -3.60. The highest BCUT2D eigenvalue weighted by Crippen LogP contribution is 2.44. The molecule has 2 aromatic rings. The highest BCUT2D eigenvalue weighted by molar-refractivity contribution is 6.09. The molecule has 0 saturated heterocycles. The maximum Gasteiger partial charge on any atom is 0.336 e. The van der Waals surface area contributed by atoms with Crippen molar-refractivity contribution in [2.75, 3.05) is 18.4 Å². The maximum atomic E-state index is 12.7. The van der Waals surface area contributed by atoms with Gasteiger partial charge in [0, 0.05) is 53.0 Å². The van der Waals surface area contributed by atoms with Gasteiger partial charge >= 0.3 is 5.97 Å². The van der Waals surface area contributed by atoms with E-state index in [9.17, 15) is 9.90 Å². The second kappa shape index (κ2) is 14.3. The smallest absolute Gasteiger partial charge is 0.336 e. The van der Waals surface area contributed by atoms with Gasteiger partial charge in [-0.25, -0.2) is 4.79 Å². The van der Waals surface area contributed by atoms with E-state index >= 15 is 0 Å². The summed E-state index contributed by atoms with van der Waals surface area (Å²) in [6.45, 7) is 12.0. The molecule has 0 spiro atoms. The molecule has 1 aliphatic carbocycles. The minimum absolute atomic E-state index is 0.337. The lowest BCUT2D eigenvalue weighted by molar-refractivity contribution is 0.0697. The number of carboxylic acid groups (broad SMARTS) is 1. The van der Waals surface area contributed by atoms with Crippen LogP contribution in [0, 0.1) is 13.8 Å². The zero-order valence-electron chi connectivity index (χ0n) is 25.5. The van der Waals surface area contributed by atoms with Crippen LogP contribution in [0.1, 0.15) is 99.2 Å². The fourth-order valence-corrected chi connectivity index (χ4v) is 5.91. The van der Waals surface area contributed by atoms with Gasteiger partial charge in [0.15, 0.2) is 0 Å². The predicted octanol–water partition coefficient (Wildman–Crippen LogP) is 9.56. The number of anilines is 1. The van der Waals surface area contributed by atoms with E-state index in [4.69, 9.17) is 4.42 Å². The number of hydrogen-bond acceptors (Lipinski definition) is 4. The summed E-state index contributed by atoms with van der Waals surface area (Å²) in [7, 11) is 0. The number of aromatic carboxylic acids is 1. The molecule has 0 radical (unpaired) electrons. The van der Waals surface area contributed by atoms with Crippen LogP contribution >= 0.6 is 0 Å². The number of hydrogen-bond donors (Lipinski definition) is 2. The van der Waals surface area contributed by atoms with Crippen molar-refractivity contribution in [3.05, 3.63) is 70.1 Å². The number of nitrogens with zero attached hydrogens (tertiary/aromatic N) is 1. The zero-order valence-corrected chi connectivity index (χ0v) is 25.5. The third-order valence-electron chi connectivity index (χ3n) is 8.01. The molecule has 218 valence electrons. The van der Waals surface area contributed by atoms with Crippen molar-refractivity contribution in [2.45, 2.75) is 92.4 Å². The molecule has 2 aromatic carbocycles. The number of unbranched alkanes of at least 4 members (excludes halogenated alkanes) is 7. The lowest BCUT2D eigenvalue weighted by Gasteiger charge is -2.21. The monoisotopic (exact) mass is 554 g/mol. The van der Waals surface area contributed by atoms with E-state index in [0.29, 0.717) is 12.1 Å². The standard InChI is InChI=1S/C36H46N2O3/c1-6-9-10-11-12-13-14-15-17-26-18-16-19-27(36(39)40)34(26)35-28-20-24(4)30(37-7-2)22-32(28)41-33-23-31(38-8-3)25(5)21-29(33)35/h16,18-23,37H,6-15,17H2,1-5H3,(H,39,40). The summed E-state index contributed by atoms with van der Waals surface area (Å²) in [5, 5.41) is 15.7. The fraction of sp³-hybridized carbons (Fsp3) is 0.444. The first kappa shape index (κ1) is 30.4. The largest absolute Gasteiger partial charge is 0.478 e. The summed E-state index contributed by atoms with van der Waals surface area (Å²) in [6.07, 6.45) is 10.7. The molecule has 5 nitrogen and oxygen atoms in total. The van der Waals surface area contributed by atoms with Gasteiger partial charge in [0.1, 0.15) is 11.3 Å². The molecule has 2 aliphatic rings. The quantitative estimate of drug-likeness (QED) is 0.120. The maximum absolute atomic E-state index is 12.7. The zero-order chi connectivity index (χ0) is 29.4. The Bertz CT molecular complexity index is 1530. The highest BCUT2D eigenvalue weighted by atomic mass is 16.4. The summed E-state index contributed by atoms with van der Waals surface area (Å²) >= 11 is 0. The third kappa shape index (κ3) is 7.01. The van der Waals surface area contributed by atoms with E-state index in [1.807, 2.05) is 19.1 Å². The van der Waals surface area contributed by atoms with Crippen LogP contribution in [0.15, 0.2) is 51.9 Å². The minimum atomic E-state index is -0.907. The van der Waals surface area contributed by atoms with Crippen molar-refractivity contribution in [2.24, 2.45) is 4.99 Å². The summed E-state index contributed by atoms with van der Waals surface area (Å²) in [4.78, 5) is 17.4. The van der Waals surface area contributed by atoms with Gasteiger partial charge in [-0.05, 0) is 75.4 Å². The van der Waals surface area contributed by atoms with E-state index in [0.717, 1.165) is 87.0 Å². The lowest BCUT2D eigenvalue weighted by atomic mass is 9.85. The molecule has 4 rings (SSSR count). The third-order valence-corrected chi connectivity index (χ3v) is 8.01. The number of aryl methyl sites for hydroxylation is 3. The van der Waals surface area contributed by atoms with Gasteiger partial charge in [-0.2, -0.15) is 0 Å². The van der Waals surface area contributed by atoms with Crippen LogP contribution in [-0.2, 0) is 6.42 Å². The summed E-state index contributed by atoms with van der Waals surface area (Å²) < 4.78 is 6.54. The molecule has 41 heavy (non-hydrogen) atoms. The Labute approximate surface area is 245 Å². The van der Waals surface area contributed by atoms with Gasteiger partial charge in [0.05, 0.1) is 10.9 Å². The Morgan fingerprint density at radius 3 is 2.29 bits per heavy atom. The first-order valence-electron chi connectivity index (χ1n) is 15.5. The van der Waals surface area contributed by atoms with Crippen molar-refractivity contribution in [3.8, 4) is 22.5 Å². The van der Waals surface area contributed by atoms with Gasteiger partial charge in [-0.15, -0.1) is 0 Å². The average molecular weight is 555 g/mol. The molecule has 0 fully saturated rings. The summed E-state index contributed by atoms with van der Waals surface area (Å²) in [5.41, 5.74) is 7.99. The van der Waals surface area contributed by atoms with Crippen LogP contribution < -0.4 is 10.7 Å². The van der Waals surface area contributed by atoms with Crippen LogP contribution in [0.4, 0.5) is 5.69 Å². The van der Waals surface area contributed by atoms with Gasteiger partial charge in [-0.1, -0.05) is 64.0 Å². The van der Waals surface area contributed by atoms with Crippen LogP contribution in [0.3, 0.4) is 0 Å². The topological polar surface area (TPSA) is 74.8 Å². The number of carbonyl (C=O) groups is 1. The average Bonchev–Trinajstić information content (AvgIpc) is 2.95. The van der Waals surface area contributed by atoms with Crippen molar-refractivity contribution in [1.82, 2.24) is 0 Å². The number of carboxylic acids is 1. The number of benzene rings is 3. The van der Waals surface area contributed by atoms with Crippen LogP contribution in [0.25, 0.3) is 33.4 Å². The molecule has 0 aromatic heterocycles. The molecular formula is C36H46N2O3. The molecule has 5 heteroatoms. The van der Waals surface area contributed by atoms with Crippen molar-refractivity contribution >= 4 is 22.6 Å². The van der Waals surface area contributed by atoms with E-state index in [2.05, 4.69) is 62.3 Å². The molecule has 0 amide bonds. The lowest BCUT2D eigenvalue weighted by Crippen LogP contribution is -2.10. The van der Waals surface area contributed by atoms with E-state index < -0.39 is 5.97 Å². The fourth-order valence-electron chi connectivity index (χ4n) is 5.91. The Morgan fingerprint density at radius 2 is 1.61 bits per heavy atom. The molecule has 0 saturated carbocycles. The van der Waals surface area contributed by atoms with Crippen molar-refractivity contribution in [3.63, 3.8) is 0 Å². The van der Waals surface area contributed by atoms with Crippen LogP contribution in [0.2, 0.25) is 0 Å². The first-order chi connectivity index (χ1) is 19.9. The number of nitrogens with one attached hydrogen (secondary N) is 1. The predicted molar refractivity (Wildman–Crippen MR) is 171 cm³/mol. The summed E-state index contributed by atoms with van der Waals surface area (Å²) in [5.74, 6) is -0.190.